The van der Waals surface area contributed by atoms with Crippen molar-refractivity contribution in [3.63, 3.8) is 0 Å². The number of rotatable bonds is 2. The number of aryl methyl sites for hydroxylation is 4. The molecule has 0 saturated carbocycles. The summed E-state index contributed by atoms with van der Waals surface area (Å²) in [6, 6.07) is 21.5. The van der Waals surface area contributed by atoms with Gasteiger partial charge in [-0.05, 0) is 73.6 Å². The Kier molecular flexibility index (Phi) is 4.38. The van der Waals surface area contributed by atoms with Crippen LogP contribution in [0.5, 0.6) is 0 Å². The molecule has 3 aromatic carbocycles. The molecule has 0 spiro atoms. The zero-order valence-electron chi connectivity index (χ0n) is 19.2. The van der Waals surface area contributed by atoms with Crippen LogP contribution in [0.1, 0.15) is 34.2 Å². The molecule has 2 heterocycles. The van der Waals surface area contributed by atoms with Crippen LogP contribution in [0, 0.1) is 25.2 Å². The maximum absolute atomic E-state index is 10.1. The highest BCUT2D eigenvalue weighted by molar-refractivity contribution is 6.14. The third-order valence-electron chi connectivity index (χ3n) is 7.08. The molecule has 0 radical (unpaired) electrons. The molecule has 0 aliphatic heterocycles. The Morgan fingerprint density at radius 3 is 2.48 bits per heavy atom. The van der Waals surface area contributed by atoms with E-state index in [2.05, 4.69) is 74.1 Å². The summed E-state index contributed by atoms with van der Waals surface area (Å²) in [4.78, 5) is 0. The molecule has 3 nitrogen and oxygen atoms in total. The molecule has 5 aromatic rings. The topological polar surface area (TPSA) is 40.8 Å². The lowest BCUT2D eigenvalue weighted by Crippen LogP contribution is -2.30. The Bertz CT molecular complexity index is 1630. The van der Waals surface area contributed by atoms with Crippen molar-refractivity contribution in [1.82, 2.24) is 0 Å². The predicted octanol–water partition coefficient (Wildman–Crippen LogP) is 6.72. The average molecular weight is 430 g/mol. The highest BCUT2D eigenvalue weighted by atomic mass is 16.3. The zero-order valence-corrected chi connectivity index (χ0v) is 19.2. The summed E-state index contributed by atoms with van der Waals surface area (Å²) in [5.41, 5.74) is 11.9. The minimum absolute atomic E-state index is 0.671. The Morgan fingerprint density at radius 2 is 1.70 bits per heavy atom. The molecule has 0 atom stereocenters. The number of nitriles is 1. The molecule has 0 amide bonds. The SMILES string of the molecule is Cc1cc2c(c(-c3c(C#N)ccc4c3oc3c(-c5cccc[n+]5C)c(C)ccc34)c1)CCC2. The molecule has 2 aromatic heterocycles. The number of fused-ring (bicyclic) bond motifs is 4. The van der Waals surface area contributed by atoms with Gasteiger partial charge in [-0.15, -0.1) is 0 Å². The minimum atomic E-state index is 0.671. The van der Waals surface area contributed by atoms with Crippen LogP contribution >= 0.6 is 0 Å². The molecule has 6 rings (SSSR count). The van der Waals surface area contributed by atoms with Gasteiger partial charge in [0.15, 0.2) is 6.20 Å². The lowest BCUT2D eigenvalue weighted by molar-refractivity contribution is -0.660. The Morgan fingerprint density at radius 1 is 0.909 bits per heavy atom. The van der Waals surface area contributed by atoms with Crippen LogP contribution in [0.25, 0.3) is 44.3 Å². The maximum atomic E-state index is 10.1. The molecule has 0 fully saturated rings. The summed E-state index contributed by atoms with van der Waals surface area (Å²) in [6.07, 6.45) is 5.38. The summed E-state index contributed by atoms with van der Waals surface area (Å²) < 4.78 is 8.87. The fourth-order valence-corrected chi connectivity index (χ4v) is 5.55. The van der Waals surface area contributed by atoms with Crippen LogP contribution in [0.15, 0.2) is 65.2 Å². The fraction of sp³-hybridized carbons (Fsp3) is 0.200. The summed E-state index contributed by atoms with van der Waals surface area (Å²) in [5.74, 6) is 0. The van der Waals surface area contributed by atoms with Crippen molar-refractivity contribution in [3.8, 4) is 28.5 Å². The standard InChI is InChI=1S/C30H25N2O/c1-18-15-20-7-6-8-22(20)25(16-18)28-21(17-31)11-13-24-23-12-10-19(2)27(29(23)33-30(24)28)26-9-4-5-14-32(26)3/h4-5,9-16H,6-8H2,1-3H3/q+1. The van der Waals surface area contributed by atoms with E-state index < -0.39 is 0 Å². The van der Waals surface area contributed by atoms with E-state index in [1.54, 1.807) is 0 Å². The number of benzene rings is 3. The number of aromatic nitrogens is 1. The van der Waals surface area contributed by atoms with Crippen molar-refractivity contribution >= 4 is 21.9 Å². The number of hydrogen-bond acceptors (Lipinski definition) is 2. The molecule has 160 valence electrons. The van der Waals surface area contributed by atoms with E-state index in [9.17, 15) is 5.26 Å². The summed E-state index contributed by atoms with van der Waals surface area (Å²) in [7, 11) is 2.06. The van der Waals surface area contributed by atoms with Gasteiger partial charge >= 0.3 is 0 Å². The van der Waals surface area contributed by atoms with Crippen molar-refractivity contribution in [2.75, 3.05) is 0 Å². The third-order valence-corrected chi connectivity index (χ3v) is 7.08. The lowest BCUT2D eigenvalue weighted by Gasteiger charge is -2.12. The zero-order chi connectivity index (χ0) is 22.7. The molecular weight excluding hydrogens is 404 g/mol. The van der Waals surface area contributed by atoms with Crippen molar-refractivity contribution < 1.29 is 8.98 Å². The highest BCUT2D eigenvalue weighted by Crippen LogP contribution is 2.44. The monoisotopic (exact) mass is 429 g/mol. The molecule has 1 aliphatic rings. The van der Waals surface area contributed by atoms with Gasteiger partial charge < -0.3 is 4.42 Å². The molecule has 3 heteroatoms. The first kappa shape index (κ1) is 19.8. The van der Waals surface area contributed by atoms with Gasteiger partial charge in [-0.3, -0.25) is 0 Å². The predicted molar refractivity (Wildman–Crippen MR) is 132 cm³/mol. The molecule has 0 unspecified atom stereocenters. The summed E-state index contributed by atoms with van der Waals surface area (Å²) >= 11 is 0. The van der Waals surface area contributed by atoms with E-state index in [0.29, 0.717) is 5.56 Å². The van der Waals surface area contributed by atoms with Crippen LogP contribution in [0.2, 0.25) is 0 Å². The van der Waals surface area contributed by atoms with Gasteiger partial charge in [0.05, 0.1) is 17.2 Å². The van der Waals surface area contributed by atoms with Crippen LogP contribution in [0.3, 0.4) is 0 Å². The van der Waals surface area contributed by atoms with Gasteiger partial charge in [-0.1, -0.05) is 29.8 Å². The fourth-order valence-electron chi connectivity index (χ4n) is 5.55. The third kappa shape index (κ3) is 2.91. The molecular formula is C30H25N2O+. The number of furan rings is 1. The molecule has 0 bridgehead atoms. The second-order valence-electron chi connectivity index (χ2n) is 9.21. The van der Waals surface area contributed by atoms with E-state index in [-0.39, 0.29) is 0 Å². The van der Waals surface area contributed by atoms with Crippen molar-refractivity contribution in [2.45, 2.75) is 33.1 Å². The van der Waals surface area contributed by atoms with E-state index in [1.165, 1.54) is 22.3 Å². The molecule has 0 saturated heterocycles. The lowest BCUT2D eigenvalue weighted by atomic mass is 9.90. The number of pyridine rings is 1. The second-order valence-corrected chi connectivity index (χ2v) is 9.21. The normalized spacial score (nSPS) is 12.9. The van der Waals surface area contributed by atoms with Crippen LogP contribution in [0.4, 0.5) is 0 Å². The molecule has 33 heavy (non-hydrogen) atoms. The average Bonchev–Trinajstić information content (AvgIpc) is 3.43. The van der Waals surface area contributed by atoms with Gasteiger partial charge in [0.2, 0.25) is 5.69 Å². The van der Waals surface area contributed by atoms with Crippen LogP contribution < -0.4 is 4.57 Å². The van der Waals surface area contributed by atoms with Crippen molar-refractivity contribution in [3.05, 3.63) is 88.6 Å². The first-order valence-electron chi connectivity index (χ1n) is 11.5. The summed E-state index contributed by atoms with van der Waals surface area (Å²) in [5, 5.41) is 12.2. The van der Waals surface area contributed by atoms with E-state index >= 15 is 0 Å². The quantitative estimate of drug-likeness (QED) is 0.292. The van der Waals surface area contributed by atoms with Gasteiger partial charge in [-0.25, -0.2) is 4.57 Å². The number of hydrogen-bond donors (Lipinski definition) is 0. The van der Waals surface area contributed by atoms with Gasteiger partial charge in [0, 0.05) is 28.5 Å². The van der Waals surface area contributed by atoms with Crippen LogP contribution in [-0.2, 0) is 19.9 Å². The first-order chi connectivity index (χ1) is 16.1. The Hall–Kier alpha value is -3.90. The molecule has 0 N–H and O–H groups in total. The molecule has 1 aliphatic carbocycles. The maximum Gasteiger partial charge on any atom is 0.216 e. The minimum Gasteiger partial charge on any atom is -0.454 e. The van der Waals surface area contributed by atoms with Gasteiger partial charge in [-0.2, -0.15) is 5.26 Å². The van der Waals surface area contributed by atoms with E-state index in [4.69, 9.17) is 4.42 Å². The van der Waals surface area contributed by atoms with E-state index in [0.717, 1.165) is 63.6 Å². The smallest absolute Gasteiger partial charge is 0.216 e. The number of nitrogens with zero attached hydrogens (tertiary/aromatic N) is 2. The Labute approximate surface area is 193 Å². The van der Waals surface area contributed by atoms with Crippen molar-refractivity contribution in [2.24, 2.45) is 7.05 Å². The van der Waals surface area contributed by atoms with E-state index in [1.807, 2.05) is 18.2 Å². The van der Waals surface area contributed by atoms with Gasteiger partial charge in [0.25, 0.3) is 0 Å². The summed E-state index contributed by atoms with van der Waals surface area (Å²) in [6.45, 7) is 4.27. The van der Waals surface area contributed by atoms with Crippen molar-refractivity contribution in [1.29, 1.82) is 5.26 Å². The van der Waals surface area contributed by atoms with Gasteiger partial charge in [0.1, 0.15) is 18.2 Å². The highest BCUT2D eigenvalue weighted by Gasteiger charge is 2.25. The largest absolute Gasteiger partial charge is 0.454 e. The Balaban J connectivity index is 1.75. The van der Waals surface area contributed by atoms with Crippen LogP contribution in [-0.4, -0.2) is 0 Å². The second kappa shape index (κ2) is 7.32. The first-order valence-corrected chi connectivity index (χ1v) is 11.5.